The van der Waals surface area contributed by atoms with Crippen LogP contribution < -0.4 is 25.7 Å². The fraction of sp³-hybridized carbons (Fsp3) is 0.281. The van der Waals surface area contributed by atoms with E-state index in [4.69, 9.17) is 15.2 Å². The first-order chi connectivity index (χ1) is 20.5. The van der Waals surface area contributed by atoms with Crippen LogP contribution in [0.2, 0.25) is 0 Å². The third-order valence-corrected chi connectivity index (χ3v) is 6.58. The molecule has 0 aliphatic carbocycles. The molecule has 1 aliphatic rings. The number of hydrogen-bond donors (Lipinski definition) is 2. The summed E-state index contributed by atoms with van der Waals surface area (Å²) in [5.41, 5.74) is 10.4. The minimum absolute atomic E-state index is 0.0304. The largest absolute Gasteiger partial charge is 0.443 e. The van der Waals surface area contributed by atoms with E-state index in [1.165, 1.54) is 11.1 Å². The molecule has 0 radical (unpaired) electrons. The molecule has 0 aromatic heterocycles. The lowest BCUT2D eigenvalue weighted by Gasteiger charge is -2.31. The van der Waals surface area contributed by atoms with Crippen LogP contribution in [0.15, 0.2) is 77.9 Å². The summed E-state index contributed by atoms with van der Waals surface area (Å²) in [4.78, 5) is 54.3. The number of primary amides is 1. The number of carbonyl (C=O) groups is 4. The Morgan fingerprint density at radius 1 is 1.00 bits per heavy atom. The summed E-state index contributed by atoms with van der Waals surface area (Å²) in [5.74, 6) is -0.636. The number of anilines is 2. The number of benzene rings is 3. The van der Waals surface area contributed by atoms with E-state index in [9.17, 15) is 19.2 Å². The molecule has 0 spiro atoms. The molecule has 43 heavy (non-hydrogen) atoms. The van der Waals surface area contributed by atoms with Gasteiger partial charge in [-0.05, 0) is 80.8 Å². The van der Waals surface area contributed by atoms with Crippen molar-refractivity contribution >= 4 is 41.6 Å². The van der Waals surface area contributed by atoms with Gasteiger partial charge in [0.05, 0.1) is 29.9 Å². The van der Waals surface area contributed by atoms with Gasteiger partial charge in [0.15, 0.2) is 0 Å². The topological polar surface area (TPSA) is 144 Å². The second kappa shape index (κ2) is 13.2. The van der Waals surface area contributed by atoms with Crippen molar-refractivity contribution < 1.29 is 28.7 Å². The Bertz CT molecular complexity index is 1530. The monoisotopic (exact) mass is 585 g/mol. The number of nitrogens with two attached hydrogens (primary N) is 1. The van der Waals surface area contributed by atoms with Gasteiger partial charge in [0, 0.05) is 12.2 Å². The summed E-state index contributed by atoms with van der Waals surface area (Å²) in [6.07, 6.45) is 1.20. The number of ether oxygens (including phenoxy) is 2. The number of urea groups is 1. The van der Waals surface area contributed by atoms with Gasteiger partial charge in [-0.3, -0.25) is 14.5 Å². The second-order valence-electron chi connectivity index (χ2n) is 10.9. The second-order valence-corrected chi connectivity index (χ2v) is 10.9. The number of esters is 1. The fourth-order valence-corrected chi connectivity index (χ4v) is 4.77. The molecule has 1 unspecified atom stereocenters. The number of para-hydroxylation sites is 2. The maximum absolute atomic E-state index is 13.8. The van der Waals surface area contributed by atoms with Crippen molar-refractivity contribution in [2.75, 3.05) is 16.3 Å². The minimum atomic E-state index is -0.798. The number of hydrazone groups is 1. The normalized spacial score (nSPS) is 15.1. The molecule has 0 fully saturated rings. The van der Waals surface area contributed by atoms with E-state index < -0.39 is 29.7 Å². The van der Waals surface area contributed by atoms with E-state index in [0.29, 0.717) is 28.9 Å². The first kappa shape index (κ1) is 30.8. The Balaban J connectivity index is 1.52. The maximum Gasteiger partial charge on any atom is 0.428 e. The zero-order valence-corrected chi connectivity index (χ0v) is 24.6. The number of carbonyl (C=O) groups excluding carboxylic acids is 4. The van der Waals surface area contributed by atoms with E-state index in [0.717, 1.165) is 5.56 Å². The van der Waals surface area contributed by atoms with Gasteiger partial charge in [0.1, 0.15) is 11.4 Å². The number of rotatable bonds is 7. The molecular weight excluding hydrogens is 550 g/mol. The molecule has 3 aromatic rings. The molecule has 224 valence electrons. The number of fused-ring (bicyclic) bond motifs is 1. The number of aryl methyl sites for hydroxylation is 1. The van der Waals surface area contributed by atoms with Gasteiger partial charge < -0.3 is 20.1 Å². The standard InChI is InChI=1S/C32H35N5O6/c1-5-22-10-6-8-12-26(22)36-20-23(37(30(33)40)27-13-9-7-11-25(27)29(36)39)18-28(38)42-24-16-14-21(15-17-24)19-34-35-31(41)43-32(2,3)4/h6-17,19,23H,5,18,20H2,1-4H3,(H2,33,40)(H,35,41). The van der Waals surface area contributed by atoms with Crippen molar-refractivity contribution in [3.05, 3.63) is 89.5 Å². The molecule has 11 nitrogen and oxygen atoms in total. The highest BCUT2D eigenvalue weighted by molar-refractivity contribution is 6.13. The van der Waals surface area contributed by atoms with Crippen molar-refractivity contribution in [2.45, 2.75) is 52.2 Å². The summed E-state index contributed by atoms with van der Waals surface area (Å²) in [6.45, 7) is 7.27. The molecule has 4 amide bonds. The zero-order valence-electron chi connectivity index (χ0n) is 24.6. The molecule has 3 aromatic carbocycles. The molecule has 11 heteroatoms. The smallest absolute Gasteiger partial charge is 0.428 e. The first-order valence-electron chi connectivity index (χ1n) is 13.9. The minimum Gasteiger partial charge on any atom is -0.443 e. The van der Waals surface area contributed by atoms with Crippen LogP contribution >= 0.6 is 0 Å². The molecule has 1 aliphatic heterocycles. The van der Waals surface area contributed by atoms with Gasteiger partial charge in [0.25, 0.3) is 5.91 Å². The highest BCUT2D eigenvalue weighted by Gasteiger charge is 2.37. The van der Waals surface area contributed by atoms with Crippen LogP contribution in [0.3, 0.4) is 0 Å². The average Bonchev–Trinajstić information content (AvgIpc) is 3.07. The molecule has 0 saturated carbocycles. The Morgan fingerprint density at radius 2 is 1.65 bits per heavy atom. The van der Waals surface area contributed by atoms with Crippen LogP contribution in [0.25, 0.3) is 0 Å². The van der Waals surface area contributed by atoms with E-state index in [1.54, 1.807) is 74.2 Å². The van der Waals surface area contributed by atoms with Gasteiger partial charge in [-0.1, -0.05) is 37.3 Å². The molecule has 0 bridgehead atoms. The number of nitrogens with one attached hydrogen (secondary N) is 1. The number of hydrogen-bond acceptors (Lipinski definition) is 7. The first-order valence-corrected chi connectivity index (χ1v) is 13.9. The predicted octanol–water partition coefficient (Wildman–Crippen LogP) is 5.02. The Labute approximate surface area is 250 Å². The molecule has 4 rings (SSSR count). The van der Waals surface area contributed by atoms with Crippen molar-refractivity contribution in [1.29, 1.82) is 0 Å². The zero-order chi connectivity index (χ0) is 31.1. The lowest BCUT2D eigenvalue weighted by Crippen LogP contribution is -2.49. The third kappa shape index (κ3) is 7.76. The Hall–Kier alpha value is -5.19. The van der Waals surface area contributed by atoms with Crippen molar-refractivity contribution in [1.82, 2.24) is 5.43 Å². The lowest BCUT2D eigenvalue weighted by molar-refractivity contribution is -0.134. The van der Waals surface area contributed by atoms with Crippen LogP contribution in [0.4, 0.5) is 21.0 Å². The van der Waals surface area contributed by atoms with Gasteiger partial charge in [-0.25, -0.2) is 15.0 Å². The van der Waals surface area contributed by atoms with E-state index >= 15 is 0 Å². The molecule has 1 atom stereocenters. The van der Waals surface area contributed by atoms with E-state index in [1.807, 2.05) is 31.2 Å². The third-order valence-electron chi connectivity index (χ3n) is 6.58. The number of nitrogens with zero attached hydrogens (tertiary/aromatic N) is 3. The predicted molar refractivity (Wildman–Crippen MR) is 163 cm³/mol. The Kier molecular flexibility index (Phi) is 9.44. The van der Waals surface area contributed by atoms with E-state index in [-0.39, 0.29) is 24.6 Å². The highest BCUT2D eigenvalue weighted by Crippen LogP contribution is 2.33. The summed E-state index contributed by atoms with van der Waals surface area (Å²) in [7, 11) is 0. The Morgan fingerprint density at radius 3 is 2.30 bits per heavy atom. The summed E-state index contributed by atoms with van der Waals surface area (Å²) in [5, 5.41) is 3.86. The molecular formula is C32H35N5O6. The van der Waals surface area contributed by atoms with Crippen molar-refractivity contribution in [3.8, 4) is 5.75 Å². The average molecular weight is 586 g/mol. The summed E-state index contributed by atoms with van der Waals surface area (Å²) in [6, 6.07) is 19.1. The van der Waals surface area contributed by atoms with Gasteiger partial charge in [-0.2, -0.15) is 5.10 Å². The summed E-state index contributed by atoms with van der Waals surface area (Å²) < 4.78 is 10.7. The molecule has 3 N–H and O–H groups in total. The maximum atomic E-state index is 13.8. The number of amides is 4. The van der Waals surface area contributed by atoms with Crippen LogP contribution in [-0.4, -0.2) is 48.4 Å². The van der Waals surface area contributed by atoms with Gasteiger partial charge in [-0.15, -0.1) is 0 Å². The van der Waals surface area contributed by atoms with Crippen LogP contribution in [0.5, 0.6) is 5.75 Å². The quantitative estimate of drug-likeness (QED) is 0.173. The van der Waals surface area contributed by atoms with E-state index in [2.05, 4.69) is 10.5 Å². The van der Waals surface area contributed by atoms with Crippen molar-refractivity contribution in [2.24, 2.45) is 10.8 Å². The van der Waals surface area contributed by atoms with Crippen LogP contribution in [0.1, 0.15) is 55.6 Å². The summed E-state index contributed by atoms with van der Waals surface area (Å²) >= 11 is 0. The highest BCUT2D eigenvalue weighted by atomic mass is 16.6. The fourth-order valence-electron chi connectivity index (χ4n) is 4.77. The lowest BCUT2D eigenvalue weighted by atomic mass is 10.1. The SMILES string of the molecule is CCc1ccccc1N1CC(CC(=O)Oc2ccc(C=NNC(=O)OC(C)(C)C)cc2)N(C(N)=O)c2ccccc2C1=O. The van der Waals surface area contributed by atoms with Crippen molar-refractivity contribution in [3.63, 3.8) is 0 Å². The molecule has 1 heterocycles. The van der Waals surface area contributed by atoms with Gasteiger partial charge in [0.2, 0.25) is 0 Å². The van der Waals surface area contributed by atoms with Gasteiger partial charge >= 0.3 is 18.1 Å². The van der Waals surface area contributed by atoms with Crippen LogP contribution in [-0.2, 0) is 16.0 Å². The molecule has 0 saturated heterocycles. The van der Waals surface area contributed by atoms with Crippen LogP contribution in [0, 0.1) is 0 Å².